The van der Waals surface area contributed by atoms with Crippen molar-refractivity contribution in [3.8, 4) is 0 Å². The Morgan fingerprint density at radius 1 is 1.22 bits per heavy atom. The van der Waals surface area contributed by atoms with Crippen molar-refractivity contribution < 1.29 is 9.59 Å². The van der Waals surface area contributed by atoms with Crippen molar-refractivity contribution in [3.63, 3.8) is 0 Å². The predicted octanol–water partition coefficient (Wildman–Crippen LogP) is 1.77. The SMILES string of the molecule is CCN(Cc1ccc(C(=O)N(C)C)cc1)C(=O)C1CCNC1.Cl. The number of hydrogen-bond donors (Lipinski definition) is 1. The highest BCUT2D eigenvalue weighted by Gasteiger charge is 2.26. The van der Waals surface area contributed by atoms with Crippen molar-refractivity contribution >= 4 is 24.2 Å². The van der Waals surface area contributed by atoms with Crippen molar-refractivity contribution in [3.05, 3.63) is 35.4 Å². The van der Waals surface area contributed by atoms with Gasteiger partial charge in [-0.15, -0.1) is 12.4 Å². The van der Waals surface area contributed by atoms with E-state index in [0.717, 1.165) is 25.1 Å². The fourth-order valence-electron chi connectivity index (χ4n) is 2.70. The van der Waals surface area contributed by atoms with Gasteiger partial charge in [-0.3, -0.25) is 9.59 Å². The average molecular weight is 340 g/mol. The quantitative estimate of drug-likeness (QED) is 0.889. The molecule has 1 aliphatic heterocycles. The summed E-state index contributed by atoms with van der Waals surface area (Å²) in [7, 11) is 3.48. The van der Waals surface area contributed by atoms with Crippen LogP contribution in [0.15, 0.2) is 24.3 Å². The van der Waals surface area contributed by atoms with Crippen LogP contribution in [-0.4, -0.2) is 55.3 Å². The van der Waals surface area contributed by atoms with Crippen LogP contribution >= 0.6 is 12.4 Å². The van der Waals surface area contributed by atoms with E-state index in [4.69, 9.17) is 0 Å². The van der Waals surface area contributed by atoms with Crippen LogP contribution in [0.2, 0.25) is 0 Å². The molecular formula is C17H26ClN3O2. The molecule has 5 nitrogen and oxygen atoms in total. The number of amides is 2. The summed E-state index contributed by atoms with van der Waals surface area (Å²) < 4.78 is 0. The second-order valence-corrected chi connectivity index (χ2v) is 5.94. The van der Waals surface area contributed by atoms with Crippen molar-refractivity contribution in [1.29, 1.82) is 0 Å². The molecule has 1 unspecified atom stereocenters. The van der Waals surface area contributed by atoms with Gasteiger partial charge in [0.2, 0.25) is 5.91 Å². The smallest absolute Gasteiger partial charge is 0.253 e. The number of nitrogens with zero attached hydrogens (tertiary/aromatic N) is 2. The highest BCUT2D eigenvalue weighted by Crippen LogP contribution is 2.15. The standard InChI is InChI=1S/C17H25N3O2.ClH/c1-4-20(17(22)15-9-10-18-11-15)12-13-5-7-14(8-6-13)16(21)19(2)3;/h5-8,15,18H,4,9-12H2,1-3H3;1H. The summed E-state index contributed by atoms with van der Waals surface area (Å²) in [6.07, 6.45) is 0.922. The first-order valence-electron chi connectivity index (χ1n) is 7.83. The minimum Gasteiger partial charge on any atom is -0.345 e. The van der Waals surface area contributed by atoms with Crippen molar-refractivity contribution in [2.24, 2.45) is 5.92 Å². The molecule has 1 atom stereocenters. The van der Waals surface area contributed by atoms with E-state index in [-0.39, 0.29) is 30.1 Å². The fourth-order valence-corrected chi connectivity index (χ4v) is 2.70. The third-order valence-electron chi connectivity index (χ3n) is 4.08. The number of benzene rings is 1. The lowest BCUT2D eigenvalue weighted by Crippen LogP contribution is -2.36. The maximum Gasteiger partial charge on any atom is 0.253 e. The van der Waals surface area contributed by atoms with Crippen LogP contribution in [0.5, 0.6) is 0 Å². The van der Waals surface area contributed by atoms with Crippen molar-refractivity contribution in [2.45, 2.75) is 19.9 Å². The minimum absolute atomic E-state index is 0. The molecule has 0 aliphatic carbocycles. The van der Waals surface area contributed by atoms with Crippen LogP contribution in [0.1, 0.15) is 29.3 Å². The molecule has 0 bridgehead atoms. The van der Waals surface area contributed by atoms with Crippen LogP contribution < -0.4 is 5.32 Å². The second kappa shape index (κ2) is 8.89. The fraction of sp³-hybridized carbons (Fsp3) is 0.529. The van der Waals surface area contributed by atoms with E-state index in [2.05, 4.69) is 5.32 Å². The summed E-state index contributed by atoms with van der Waals surface area (Å²) in [6, 6.07) is 7.51. The van der Waals surface area contributed by atoms with Gasteiger partial charge in [0.15, 0.2) is 0 Å². The Morgan fingerprint density at radius 3 is 2.35 bits per heavy atom. The van der Waals surface area contributed by atoms with E-state index in [9.17, 15) is 9.59 Å². The highest BCUT2D eigenvalue weighted by atomic mass is 35.5. The maximum absolute atomic E-state index is 12.5. The zero-order valence-corrected chi connectivity index (χ0v) is 14.9. The summed E-state index contributed by atoms with van der Waals surface area (Å²) in [5.74, 6) is 0.322. The monoisotopic (exact) mass is 339 g/mol. The summed E-state index contributed by atoms with van der Waals surface area (Å²) in [6.45, 7) is 5.01. The molecule has 1 fully saturated rings. The predicted molar refractivity (Wildman–Crippen MR) is 93.8 cm³/mol. The van der Waals surface area contributed by atoms with Gasteiger partial charge in [-0.1, -0.05) is 12.1 Å². The van der Waals surface area contributed by atoms with E-state index in [1.165, 1.54) is 0 Å². The van der Waals surface area contributed by atoms with Gasteiger partial charge in [0.05, 0.1) is 5.92 Å². The zero-order chi connectivity index (χ0) is 16.1. The Kier molecular flexibility index (Phi) is 7.52. The molecule has 23 heavy (non-hydrogen) atoms. The lowest BCUT2D eigenvalue weighted by molar-refractivity contribution is -0.135. The minimum atomic E-state index is -0.00740. The van der Waals surface area contributed by atoms with Crippen molar-refractivity contribution in [1.82, 2.24) is 15.1 Å². The highest BCUT2D eigenvalue weighted by molar-refractivity contribution is 5.93. The molecule has 2 amide bonds. The van der Waals surface area contributed by atoms with Gasteiger partial charge < -0.3 is 15.1 Å². The van der Waals surface area contributed by atoms with Gasteiger partial charge in [-0.2, -0.15) is 0 Å². The Bertz CT molecular complexity index is 525. The molecule has 0 saturated carbocycles. The second-order valence-electron chi connectivity index (χ2n) is 5.94. The lowest BCUT2D eigenvalue weighted by Gasteiger charge is -2.24. The van der Waals surface area contributed by atoms with Crippen LogP contribution in [0, 0.1) is 5.92 Å². The van der Waals surface area contributed by atoms with Gasteiger partial charge in [-0.05, 0) is 37.6 Å². The first-order chi connectivity index (χ1) is 10.5. The van der Waals surface area contributed by atoms with Crippen LogP contribution in [0.25, 0.3) is 0 Å². The molecule has 1 aromatic rings. The van der Waals surface area contributed by atoms with E-state index in [1.54, 1.807) is 19.0 Å². The lowest BCUT2D eigenvalue weighted by atomic mass is 10.1. The zero-order valence-electron chi connectivity index (χ0n) is 14.0. The third kappa shape index (κ3) is 4.94. The van der Waals surface area contributed by atoms with Gasteiger partial charge in [0, 0.05) is 39.3 Å². The van der Waals surface area contributed by atoms with Gasteiger partial charge >= 0.3 is 0 Å². The molecule has 1 heterocycles. The van der Waals surface area contributed by atoms with Crippen LogP contribution in [0.4, 0.5) is 0 Å². The third-order valence-corrected chi connectivity index (χ3v) is 4.08. The molecular weight excluding hydrogens is 314 g/mol. The van der Waals surface area contributed by atoms with E-state index < -0.39 is 0 Å². The number of rotatable bonds is 5. The molecule has 1 aromatic carbocycles. The Labute approximate surface area is 144 Å². The van der Waals surface area contributed by atoms with E-state index in [0.29, 0.717) is 18.7 Å². The van der Waals surface area contributed by atoms with E-state index in [1.807, 2.05) is 36.1 Å². The van der Waals surface area contributed by atoms with E-state index >= 15 is 0 Å². The molecule has 6 heteroatoms. The number of nitrogens with one attached hydrogen (secondary N) is 1. The Morgan fingerprint density at radius 2 is 1.87 bits per heavy atom. The number of carbonyl (C=O) groups is 2. The number of halogens is 1. The summed E-state index contributed by atoms with van der Waals surface area (Å²) in [5.41, 5.74) is 1.72. The van der Waals surface area contributed by atoms with Crippen LogP contribution in [-0.2, 0) is 11.3 Å². The summed E-state index contributed by atoms with van der Waals surface area (Å²) >= 11 is 0. The van der Waals surface area contributed by atoms with Gasteiger partial charge in [-0.25, -0.2) is 0 Å². The maximum atomic E-state index is 12.5. The first kappa shape index (κ1) is 19.5. The Balaban J connectivity index is 0.00000264. The molecule has 1 saturated heterocycles. The van der Waals surface area contributed by atoms with Gasteiger partial charge in [0.25, 0.3) is 5.91 Å². The molecule has 0 radical (unpaired) electrons. The average Bonchev–Trinajstić information content (AvgIpc) is 3.06. The normalized spacial score (nSPS) is 16.6. The largest absolute Gasteiger partial charge is 0.345 e. The number of carbonyl (C=O) groups excluding carboxylic acids is 2. The van der Waals surface area contributed by atoms with Crippen LogP contribution in [0.3, 0.4) is 0 Å². The summed E-state index contributed by atoms with van der Waals surface area (Å²) in [5, 5.41) is 3.24. The topological polar surface area (TPSA) is 52.7 Å². The van der Waals surface area contributed by atoms with Crippen molar-refractivity contribution in [2.75, 3.05) is 33.7 Å². The molecule has 0 aromatic heterocycles. The first-order valence-corrected chi connectivity index (χ1v) is 7.83. The number of hydrogen-bond acceptors (Lipinski definition) is 3. The molecule has 2 rings (SSSR count). The summed E-state index contributed by atoms with van der Waals surface area (Å²) in [4.78, 5) is 27.8. The van der Waals surface area contributed by atoms with Gasteiger partial charge in [0.1, 0.15) is 0 Å². The molecule has 128 valence electrons. The molecule has 1 N–H and O–H groups in total. The molecule has 1 aliphatic rings. The Hall–Kier alpha value is -1.59. The molecule has 0 spiro atoms.